The van der Waals surface area contributed by atoms with Gasteiger partial charge in [0, 0.05) is 26.3 Å². The second-order valence-electron chi connectivity index (χ2n) is 4.33. The van der Waals surface area contributed by atoms with Gasteiger partial charge in [-0.1, -0.05) is 12.1 Å². The van der Waals surface area contributed by atoms with Gasteiger partial charge in [-0.05, 0) is 49.7 Å². The van der Waals surface area contributed by atoms with Gasteiger partial charge in [0.15, 0.2) is 5.11 Å². The van der Waals surface area contributed by atoms with Crippen LogP contribution in [0.1, 0.15) is 18.9 Å². The molecule has 1 rings (SSSR count). The smallest absolute Gasteiger partial charge is 0.166 e. The lowest BCUT2D eigenvalue weighted by molar-refractivity contribution is 0.145. The average molecular weight is 296 g/mol. The van der Waals surface area contributed by atoms with Gasteiger partial charge in [0.1, 0.15) is 5.75 Å². The van der Waals surface area contributed by atoms with Crippen LogP contribution in [0.2, 0.25) is 0 Å². The Bertz CT molecular complexity index is 382. The molecule has 1 aromatic rings. The van der Waals surface area contributed by atoms with Gasteiger partial charge in [0.05, 0.1) is 7.11 Å². The first-order valence-electron chi connectivity index (χ1n) is 6.98. The topological polar surface area (TPSA) is 42.5 Å². The summed E-state index contributed by atoms with van der Waals surface area (Å²) in [7, 11) is 1.67. The maximum Gasteiger partial charge on any atom is 0.166 e. The van der Waals surface area contributed by atoms with E-state index < -0.39 is 0 Å². The van der Waals surface area contributed by atoms with Crippen molar-refractivity contribution in [3.05, 3.63) is 29.8 Å². The first-order chi connectivity index (χ1) is 9.76. The molecule has 0 saturated heterocycles. The fourth-order valence-electron chi connectivity index (χ4n) is 1.70. The van der Waals surface area contributed by atoms with Crippen LogP contribution >= 0.6 is 12.2 Å². The molecule has 0 aliphatic heterocycles. The van der Waals surface area contributed by atoms with E-state index in [0.29, 0.717) is 5.11 Å². The predicted molar refractivity (Wildman–Crippen MR) is 86.4 cm³/mol. The van der Waals surface area contributed by atoms with E-state index in [1.54, 1.807) is 7.11 Å². The Kier molecular flexibility index (Phi) is 8.74. The fraction of sp³-hybridized carbons (Fsp3) is 0.533. The predicted octanol–water partition coefficient (Wildman–Crippen LogP) is 2.13. The fourth-order valence-corrected chi connectivity index (χ4v) is 1.90. The number of benzene rings is 1. The van der Waals surface area contributed by atoms with Crippen LogP contribution in [0, 0.1) is 0 Å². The molecule has 1 aromatic carbocycles. The molecule has 2 N–H and O–H groups in total. The summed E-state index contributed by atoms with van der Waals surface area (Å²) >= 11 is 5.20. The Balaban J connectivity index is 2.08. The second kappa shape index (κ2) is 10.5. The molecule has 0 fully saturated rings. The van der Waals surface area contributed by atoms with Crippen LogP contribution in [0.25, 0.3) is 0 Å². The molecular weight excluding hydrogens is 272 g/mol. The summed E-state index contributed by atoms with van der Waals surface area (Å²) in [6.07, 6.45) is 1.90. The van der Waals surface area contributed by atoms with Gasteiger partial charge >= 0.3 is 0 Å². The van der Waals surface area contributed by atoms with Crippen LogP contribution in [-0.4, -0.2) is 38.5 Å². The maximum absolute atomic E-state index is 5.26. The van der Waals surface area contributed by atoms with Crippen LogP contribution in [0.5, 0.6) is 5.75 Å². The number of ether oxygens (including phenoxy) is 2. The molecular formula is C15H24N2O2S. The largest absolute Gasteiger partial charge is 0.497 e. The van der Waals surface area contributed by atoms with E-state index in [1.807, 2.05) is 19.1 Å². The molecule has 112 valence electrons. The number of hydrogen-bond acceptors (Lipinski definition) is 3. The quantitative estimate of drug-likeness (QED) is 0.540. The summed E-state index contributed by atoms with van der Waals surface area (Å²) in [6.45, 7) is 5.21. The minimum absolute atomic E-state index is 0.704. The standard InChI is InChI=1S/C15H24N2O2S/c1-3-19-12-4-10-16-15(20)17-11-9-13-5-7-14(18-2)8-6-13/h5-8H,3-4,9-12H2,1-2H3,(H2,16,17,20). The van der Waals surface area contributed by atoms with Crippen LogP contribution in [-0.2, 0) is 11.2 Å². The molecule has 5 heteroatoms. The van der Waals surface area contributed by atoms with Gasteiger partial charge in [-0.25, -0.2) is 0 Å². The Morgan fingerprint density at radius 2 is 1.85 bits per heavy atom. The Morgan fingerprint density at radius 3 is 2.50 bits per heavy atom. The van der Waals surface area contributed by atoms with E-state index in [2.05, 4.69) is 22.8 Å². The van der Waals surface area contributed by atoms with Gasteiger partial charge < -0.3 is 20.1 Å². The third-order valence-electron chi connectivity index (χ3n) is 2.81. The number of thiocarbonyl (C=S) groups is 1. The van der Waals surface area contributed by atoms with E-state index in [1.165, 1.54) is 5.56 Å². The lowest BCUT2D eigenvalue weighted by Gasteiger charge is -2.10. The van der Waals surface area contributed by atoms with E-state index in [9.17, 15) is 0 Å². The lowest BCUT2D eigenvalue weighted by Crippen LogP contribution is -2.37. The highest BCUT2D eigenvalue weighted by Crippen LogP contribution is 2.11. The monoisotopic (exact) mass is 296 g/mol. The maximum atomic E-state index is 5.26. The first kappa shape index (κ1) is 16.7. The number of nitrogens with one attached hydrogen (secondary N) is 2. The third kappa shape index (κ3) is 7.31. The Labute approximate surface area is 126 Å². The summed E-state index contributed by atoms with van der Waals surface area (Å²) < 4.78 is 10.4. The molecule has 0 bridgehead atoms. The Morgan fingerprint density at radius 1 is 1.15 bits per heavy atom. The van der Waals surface area contributed by atoms with Crippen molar-refractivity contribution in [2.75, 3.05) is 33.4 Å². The molecule has 20 heavy (non-hydrogen) atoms. The minimum atomic E-state index is 0.704. The molecule has 0 aliphatic carbocycles. The second-order valence-corrected chi connectivity index (χ2v) is 4.74. The number of hydrogen-bond donors (Lipinski definition) is 2. The van der Waals surface area contributed by atoms with Crippen LogP contribution < -0.4 is 15.4 Å². The Hall–Kier alpha value is -1.33. The van der Waals surface area contributed by atoms with Crippen LogP contribution in [0.15, 0.2) is 24.3 Å². The molecule has 0 spiro atoms. The van der Waals surface area contributed by atoms with Crippen LogP contribution in [0.3, 0.4) is 0 Å². The van der Waals surface area contributed by atoms with Gasteiger partial charge in [-0.2, -0.15) is 0 Å². The zero-order valence-corrected chi connectivity index (χ0v) is 13.1. The van der Waals surface area contributed by atoms with Crippen LogP contribution in [0.4, 0.5) is 0 Å². The van der Waals surface area contributed by atoms with Gasteiger partial charge in [-0.15, -0.1) is 0 Å². The summed E-state index contributed by atoms with van der Waals surface area (Å²) in [6, 6.07) is 8.08. The molecule has 0 aromatic heterocycles. The van der Waals surface area contributed by atoms with Gasteiger partial charge in [0.25, 0.3) is 0 Å². The minimum Gasteiger partial charge on any atom is -0.497 e. The molecule has 0 atom stereocenters. The van der Waals surface area contributed by atoms with E-state index in [0.717, 1.165) is 44.9 Å². The normalized spacial score (nSPS) is 10.1. The van der Waals surface area contributed by atoms with Gasteiger partial charge in [-0.3, -0.25) is 0 Å². The number of methoxy groups -OCH3 is 1. The summed E-state index contributed by atoms with van der Waals surface area (Å²) in [5.41, 5.74) is 1.26. The first-order valence-corrected chi connectivity index (χ1v) is 7.39. The SMILES string of the molecule is CCOCCCNC(=S)NCCc1ccc(OC)cc1. The lowest BCUT2D eigenvalue weighted by atomic mass is 10.1. The molecule has 0 saturated carbocycles. The van der Waals surface area contributed by atoms with E-state index in [-0.39, 0.29) is 0 Å². The van der Waals surface area contributed by atoms with Crippen molar-refractivity contribution in [3.63, 3.8) is 0 Å². The summed E-state index contributed by atoms with van der Waals surface area (Å²) in [4.78, 5) is 0. The van der Waals surface area contributed by atoms with Crippen molar-refractivity contribution in [1.82, 2.24) is 10.6 Å². The summed E-state index contributed by atoms with van der Waals surface area (Å²) in [5, 5.41) is 7.07. The third-order valence-corrected chi connectivity index (χ3v) is 3.10. The van der Waals surface area contributed by atoms with Crippen molar-refractivity contribution in [3.8, 4) is 5.75 Å². The van der Waals surface area contributed by atoms with Gasteiger partial charge in [0.2, 0.25) is 0 Å². The molecule has 0 radical (unpaired) electrons. The molecule has 0 aliphatic rings. The van der Waals surface area contributed by atoms with Crippen molar-refractivity contribution in [2.24, 2.45) is 0 Å². The summed E-state index contributed by atoms with van der Waals surface area (Å²) in [5.74, 6) is 0.883. The average Bonchev–Trinajstić information content (AvgIpc) is 2.48. The highest BCUT2D eigenvalue weighted by Gasteiger charge is 1.97. The highest BCUT2D eigenvalue weighted by molar-refractivity contribution is 7.80. The number of rotatable bonds is 9. The molecule has 0 heterocycles. The molecule has 0 unspecified atom stereocenters. The highest BCUT2D eigenvalue weighted by atomic mass is 32.1. The zero-order chi connectivity index (χ0) is 14.6. The van der Waals surface area contributed by atoms with Crippen molar-refractivity contribution < 1.29 is 9.47 Å². The molecule has 4 nitrogen and oxygen atoms in total. The van der Waals surface area contributed by atoms with E-state index in [4.69, 9.17) is 21.7 Å². The van der Waals surface area contributed by atoms with Crippen molar-refractivity contribution >= 4 is 17.3 Å². The van der Waals surface area contributed by atoms with Crippen molar-refractivity contribution in [2.45, 2.75) is 19.8 Å². The zero-order valence-electron chi connectivity index (χ0n) is 12.3. The molecule has 0 amide bonds. The van der Waals surface area contributed by atoms with Crippen molar-refractivity contribution in [1.29, 1.82) is 0 Å². The van der Waals surface area contributed by atoms with E-state index >= 15 is 0 Å².